The van der Waals surface area contributed by atoms with Gasteiger partial charge in [-0.1, -0.05) is 42.5 Å². The molecule has 10 heteroatoms. The van der Waals surface area contributed by atoms with Gasteiger partial charge in [-0.2, -0.15) is 4.48 Å². The van der Waals surface area contributed by atoms with Gasteiger partial charge in [-0.15, -0.1) is 0 Å². The van der Waals surface area contributed by atoms with Gasteiger partial charge in [0.25, 0.3) is 0 Å². The molecule has 0 radical (unpaired) electrons. The molecular weight excluding hydrogens is 604 g/mol. The lowest BCUT2D eigenvalue weighted by Crippen LogP contribution is -2.66. The maximum absolute atomic E-state index is 15.0. The Kier molecular flexibility index (Phi) is 9.75. The van der Waals surface area contributed by atoms with E-state index in [4.69, 9.17) is 0 Å². The molecule has 3 N–H and O–H groups in total. The molecule has 0 spiro atoms. The number of H-pyrrole nitrogens is 1. The zero-order valence-corrected chi connectivity index (χ0v) is 28.0. The minimum atomic E-state index is -0.951. The first-order valence-electron chi connectivity index (χ1n) is 16.8. The Morgan fingerprint density at radius 3 is 2.40 bits per heavy atom. The van der Waals surface area contributed by atoms with Gasteiger partial charge < -0.3 is 20.1 Å². The highest BCUT2D eigenvalue weighted by molar-refractivity contribution is 6.03. The highest BCUT2D eigenvalue weighted by Crippen LogP contribution is 2.36. The number of likely N-dealkylation sites (tertiary alicyclic amines) is 1. The monoisotopic (exact) mass is 649 g/mol. The fourth-order valence-electron chi connectivity index (χ4n) is 7.47. The maximum atomic E-state index is 15.0. The van der Waals surface area contributed by atoms with E-state index in [1.165, 1.54) is 6.92 Å². The number of imide groups is 1. The van der Waals surface area contributed by atoms with Crippen LogP contribution in [-0.4, -0.2) is 84.4 Å². The third kappa shape index (κ3) is 6.77. The molecule has 48 heavy (non-hydrogen) atoms. The van der Waals surface area contributed by atoms with E-state index >= 15 is 0 Å². The predicted octanol–water partition coefficient (Wildman–Crippen LogP) is 5.36. The van der Waals surface area contributed by atoms with Crippen LogP contribution in [0.5, 0.6) is 0 Å². The van der Waals surface area contributed by atoms with Crippen LogP contribution in [-0.2, 0) is 22.4 Å². The third-order valence-corrected chi connectivity index (χ3v) is 9.65. The molecule has 2 atom stereocenters. The van der Waals surface area contributed by atoms with Crippen LogP contribution in [0.2, 0.25) is 0 Å². The summed E-state index contributed by atoms with van der Waals surface area (Å²) in [4.78, 5) is 63.0. The number of quaternary nitrogens is 1. The number of rotatable bonds is 8. The van der Waals surface area contributed by atoms with E-state index in [0.717, 1.165) is 53.5 Å². The first kappa shape index (κ1) is 33.1. The van der Waals surface area contributed by atoms with Crippen molar-refractivity contribution in [1.29, 1.82) is 0 Å². The summed E-state index contributed by atoms with van der Waals surface area (Å²) in [6, 6.07) is 21.1. The first-order chi connectivity index (χ1) is 23.2. The van der Waals surface area contributed by atoms with Crippen molar-refractivity contribution in [3.63, 3.8) is 0 Å². The van der Waals surface area contributed by atoms with Crippen LogP contribution in [0.15, 0.2) is 79.0 Å². The molecule has 0 saturated carbocycles. The second kappa shape index (κ2) is 14.1. The number of aromatic amines is 1. The van der Waals surface area contributed by atoms with E-state index in [1.54, 1.807) is 17.0 Å². The summed E-state index contributed by atoms with van der Waals surface area (Å²) in [5.74, 6) is -0.587. The van der Waals surface area contributed by atoms with E-state index in [1.807, 2.05) is 81.0 Å². The summed E-state index contributed by atoms with van der Waals surface area (Å²) in [5.41, 5.74) is 4.63. The van der Waals surface area contributed by atoms with Crippen LogP contribution in [0.1, 0.15) is 47.7 Å². The summed E-state index contributed by atoms with van der Waals surface area (Å²) in [6.45, 7) is 3.43. The quantitative estimate of drug-likeness (QED) is 0.223. The van der Waals surface area contributed by atoms with Crippen molar-refractivity contribution in [1.82, 2.24) is 15.2 Å². The number of carbonyl (C=O) groups excluding carboxylic acids is 4. The van der Waals surface area contributed by atoms with Crippen LogP contribution < -0.4 is 15.5 Å². The fraction of sp³-hybridized carbons (Fsp3) is 0.368. The van der Waals surface area contributed by atoms with Crippen LogP contribution >= 0.6 is 0 Å². The van der Waals surface area contributed by atoms with Crippen molar-refractivity contribution < 1.29 is 23.7 Å². The SMILES string of the molecule is CC(=O)Nc1cccc2c1CC(CN(C)C)CN2C(=O)[C@@H](Cc1c[nH]c2ccccc12)NC(=O)[N+]1(C(=O)c2ccccc2)CCCCC1. The number of anilines is 2. The summed E-state index contributed by atoms with van der Waals surface area (Å²) in [7, 11) is 4.01. The van der Waals surface area contributed by atoms with Gasteiger partial charge in [0.1, 0.15) is 6.04 Å². The second-order valence-corrected chi connectivity index (χ2v) is 13.5. The normalized spacial score (nSPS) is 17.8. The molecule has 250 valence electrons. The minimum absolute atomic E-state index is 0.0934. The van der Waals surface area contributed by atoms with Gasteiger partial charge >= 0.3 is 11.9 Å². The Hall–Kier alpha value is -4.80. The highest BCUT2D eigenvalue weighted by Gasteiger charge is 2.48. The summed E-state index contributed by atoms with van der Waals surface area (Å²) >= 11 is 0. The smallest absolute Gasteiger partial charge is 0.361 e. The van der Waals surface area contributed by atoms with Gasteiger partial charge in [-0.25, -0.2) is 9.59 Å². The molecule has 5 amide bonds. The molecule has 1 fully saturated rings. The molecule has 0 bridgehead atoms. The van der Waals surface area contributed by atoms with Gasteiger partial charge in [0, 0.05) is 54.9 Å². The molecule has 3 aromatic carbocycles. The lowest BCUT2D eigenvalue weighted by atomic mass is 9.89. The van der Waals surface area contributed by atoms with Crippen LogP contribution in [0.25, 0.3) is 10.9 Å². The third-order valence-electron chi connectivity index (χ3n) is 9.65. The number of hydrogen-bond donors (Lipinski definition) is 3. The molecule has 1 aromatic heterocycles. The molecule has 4 aromatic rings. The zero-order chi connectivity index (χ0) is 33.8. The van der Waals surface area contributed by atoms with Crippen molar-refractivity contribution in [2.24, 2.45) is 5.92 Å². The van der Waals surface area contributed by atoms with E-state index in [0.29, 0.717) is 37.3 Å². The first-order valence-corrected chi connectivity index (χ1v) is 16.8. The van der Waals surface area contributed by atoms with Gasteiger partial charge in [0.05, 0.1) is 18.7 Å². The van der Waals surface area contributed by atoms with Crippen LogP contribution in [0.4, 0.5) is 16.2 Å². The fourth-order valence-corrected chi connectivity index (χ4v) is 7.47. The number of nitrogens with one attached hydrogen (secondary N) is 3. The number of aromatic nitrogens is 1. The Morgan fingerprint density at radius 2 is 1.67 bits per heavy atom. The number of amides is 5. The molecule has 2 aliphatic heterocycles. The van der Waals surface area contributed by atoms with Gasteiger partial charge in [0.15, 0.2) is 0 Å². The Morgan fingerprint density at radius 1 is 0.938 bits per heavy atom. The summed E-state index contributed by atoms with van der Waals surface area (Å²) in [6.07, 6.45) is 5.25. The van der Waals surface area contributed by atoms with Crippen LogP contribution in [0.3, 0.4) is 0 Å². The maximum Gasteiger partial charge on any atom is 0.425 e. The van der Waals surface area contributed by atoms with Crippen LogP contribution in [0, 0.1) is 5.92 Å². The standard InChI is InChI=1S/C38H44N6O4/c1-26(45)40-33-17-12-18-35-31(33)21-27(24-42(2)3)25-43(35)36(46)34(22-29-23-39-32-16-9-8-15-30(29)32)41-38(48)44(19-10-5-11-20-44)37(47)28-13-6-4-7-14-28/h4,6-9,12-18,23,27,34,39H,5,10-11,19-22,24-25H2,1-3H3,(H-,40,41,45,48)/p+1/t27?,34-/m1/s1. The van der Waals surface area contributed by atoms with E-state index in [2.05, 4.69) is 20.5 Å². The predicted molar refractivity (Wildman–Crippen MR) is 188 cm³/mol. The van der Waals surface area contributed by atoms with E-state index in [-0.39, 0.29) is 34.5 Å². The Labute approximate surface area is 281 Å². The molecule has 3 heterocycles. The van der Waals surface area contributed by atoms with Crippen molar-refractivity contribution in [2.45, 2.75) is 45.1 Å². The number of para-hydroxylation sites is 1. The largest absolute Gasteiger partial charge is 0.425 e. The van der Waals surface area contributed by atoms with Crippen molar-refractivity contribution in [2.75, 3.05) is 50.5 Å². The number of urea groups is 1. The highest BCUT2D eigenvalue weighted by atomic mass is 16.2. The molecular formula is C38H45N6O4+. The average molecular weight is 650 g/mol. The lowest BCUT2D eigenvalue weighted by molar-refractivity contribution is -0.773. The summed E-state index contributed by atoms with van der Waals surface area (Å²) < 4.78 is -0.367. The van der Waals surface area contributed by atoms with Gasteiger partial charge in [-0.3, -0.25) is 14.9 Å². The second-order valence-electron chi connectivity index (χ2n) is 13.5. The number of carbonyl (C=O) groups is 4. The number of hydrogen-bond acceptors (Lipinski definition) is 5. The molecule has 1 saturated heterocycles. The average Bonchev–Trinajstić information content (AvgIpc) is 3.50. The van der Waals surface area contributed by atoms with Crippen molar-refractivity contribution in [3.05, 3.63) is 95.7 Å². The van der Waals surface area contributed by atoms with E-state index in [9.17, 15) is 19.2 Å². The Bertz CT molecular complexity index is 1810. The van der Waals surface area contributed by atoms with Crippen molar-refractivity contribution >= 4 is 46.0 Å². The summed E-state index contributed by atoms with van der Waals surface area (Å²) in [5, 5.41) is 7.07. The number of fused-ring (bicyclic) bond motifs is 2. The molecule has 1 unspecified atom stereocenters. The van der Waals surface area contributed by atoms with Gasteiger partial charge in [-0.05, 0) is 87.2 Å². The number of piperidine rings is 1. The topological polar surface area (TPSA) is 115 Å². The molecule has 10 nitrogen and oxygen atoms in total. The minimum Gasteiger partial charge on any atom is -0.361 e. The lowest BCUT2D eigenvalue weighted by Gasteiger charge is -2.40. The molecule has 0 aliphatic carbocycles. The molecule has 2 aliphatic rings. The zero-order valence-electron chi connectivity index (χ0n) is 28.0. The van der Waals surface area contributed by atoms with Crippen molar-refractivity contribution in [3.8, 4) is 0 Å². The Balaban J connectivity index is 1.40. The van der Waals surface area contributed by atoms with Gasteiger partial charge in [0.2, 0.25) is 11.8 Å². The number of nitrogens with zero attached hydrogens (tertiary/aromatic N) is 3. The number of benzene rings is 3. The van der Waals surface area contributed by atoms with E-state index < -0.39 is 12.1 Å². The molecule has 6 rings (SSSR count).